The highest BCUT2D eigenvalue weighted by molar-refractivity contribution is 6.35. The lowest BCUT2D eigenvalue weighted by Crippen LogP contribution is -2.36. The molecule has 0 unspecified atom stereocenters. The van der Waals surface area contributed by atoms with Crippen LogP contribution < -0.4 is 14.8 Å². The molecule has 1 aliphatic rings. The molecule has 0 aromatic heterocycles. The quantitative estimate of drug-likeness (QED) is 0.887. The van der Waals surface area contributed by atoms with Crippen LogP contribution in [0.25, 0.3) is 0 Å². The molecule has 7 heteroatoms. The Labute approximate surface area is 150 Å². The van der Waals surface area contributed by atoms with Crippen molar-refractivity contribution in [2.24, 2.45) is 0 Å². The summed E-state index contributed by atoms with van der Waals surface area (Å²) in [6.45, 7) is 1.02. The van der Waals surface area contributed by atoms with Crippen LogP contribution in [0.15, 0.2) is 36.4 Å². The monoisotopic (exact) mass is 366 g/mol. The normalized spacial score (nSPS) is 12.1. The lowest BCUT2D eigenvalue weighted by Gasteiger charge is -2.18. The van der Waals surface area contributed by atoms with E-state index in [0.717, 1.165) is 16.9 Å². The lowest BCUT2D eigenvalue weighted by molar-refractivity contribution is 0.174. The Morgan fingerprint density at radius 3 is 2.75 bits per heavy atom. The van der Waals surface area contributed by atoms with Gasteiger partial charge in [-0.2, -0.15) is 0 Å². The average molecular weight is 367 g/mol. The van der Waals surface area contributed by atoms with Gasteiger partial charge in [0.1, 0.15) is 0 Å². The molecule has 0 spiro atoms. The highest BCUT2D eigenvalue weighted by atomic mass is 35.5. The summed E-state index contributed by atoms with van der Waals surface area (Å²) in [6, 6.07) is 10.6. The van der Waals surface area contributed by atoms with Crippen LogP contribution in [0, 0.1) is 0 Å². The molecule has 2 amide bonds. The number of nitrogens with zero attached hydrogens (tertiary/aromatic N) is 1. The average Bonchev–Trinajstić information content (AvgIpc) is 3.01. The summed E-state index contributed by atoms with van der Waals surface area (Å²) in [5, 5.41) is 3.93. The van der Waals surface area contributed by atoms with Crippen molar-refractivity contribution < 1.29 is 14.3 Å². The molecule has 1 aliphatic heterocycles. The molecule has 126 valence electrons. The molecule has 3 rings (SSSR count). The van der Waals surface area contributed by atoms with Crippen molar-refractivity contribution in [3.63, 3.8) is 0 Å². The maximum Gasteiger partial charge on any atom is 0.317 e. The fourth-order valence-electron chi connectivity index (χ4n) is 2.36. The van der Waals surface area contributed by atoms with Crippen LogP contribution in [0.3, 0.4) is 0 Å². The SMILES string of the molecule is CN(Cc1ccc2c(c1)OCO2)C(=O)NCc1ccc(Cl)cc1Cl. The molecule has 0 fully saturated rings. The summed E-state index contributed by atoms with van der Waals surface area (Å²) in [6.07, 6.45) is 0. The third-order valence-corrected chi connectivity index (χ3v) is 4.24. The van der Waals surface area contributed by atoms with E-state index in [-0.39, 0.29) is 12.8 Å². The fraction of sp³-hybridized carbons (Fsp3) is 0.235. The van der Waals surface area contributed by atoms with Crippen molar-refractivity contribution in [3.8, 4) is 11.5 Å². The van der Waals surface area contributed by atoms with Gasteiger partial charge in [-0.05, 0) is 35.4 Å². The zero-order valence-corrected chi connectivity index (χ0v) is 14.5. The molecule has 2 aromatic carbocycles. The molecule has 0 saturated heterocycles. The van der Waals surface area contributed by atoms with E-state index in [1.807, 2.05) is 18.2 Å². The van der Waals surface area contributed by atoms with E-state index >= 15 is 0 Å². The first kappa shape index (κ1) is 16.7. The predicted octanol–water partition coefficient (Wildman–Crippen LogP) is 4.06. The van der Waals surface area contributed by atoms with Gasteiger partial charge in [-0.1, -0.05) is 35.3 Å². The summed E-state index contributed by atoms with van der Waals surface area (Å²) in [5.74, 6) is 1.43. The van der Waals surface area contributed by atoms with Crippen molar-refractivity contribution >= 4 is 29.2 Å². The molecule has 5 nitrogen and oxygen atoms in total. The highest BCUT2D eigenvalue weighted by Crippen LogP contribution is 2.32. The Morgan fingerprint density at radius 2 is 1.96 bits per heavy atom. The summed E-state index contributed by atoms with van der Waals surface area (Å²) in [7, 11) is 1.73. The zero-order valence-electron chi connectivity index (χ0n) is 13.0. The number of hydrogen-bond donors (Lipinski definition) is 1. The summed E-state index contributed by atoms with van der Waals surface area (Å²) < 4.78 is 10.6. The minimum Gasteiger partial charge on any atom is -0.454 e. The third-order valence-electron chi connectivity index (χ3n) is 3.65. The van der Waals surface area contributed by atoms with Gasteiger partial charge in [-0.25, -0.2) is 4.79 Å². The van der Waals surface area contributed by atoms with Gasteiger partial charge in [0.05, 0.1) is 0 Å². The van der Waals surface area contributed by atoms with Crippen molar-refractivity contribution in [1.82, 2.24) is 10.2 Å². The van der Waals surface area contributed by atoms with Crippen LogP contribution in [0.5, 0.6) is 11.5 Å². The highest BCUT2D eigenvalue weighted by Gasteiger charge is 2.15. The second-order valence-corrected chi connectivity index (χ2v) is 6.28. The molecule has 2 aromatic rings. The number of urea groups is 1. The van der Waals surface area contributed by atoms with Gasteiger partial charge >= 0.3 is 6.03 Å². The Kier molecular flexibility index (Phi) is 5.02. The van der Waals surface area contributed by atoms with E-state index in [4.69, 9.17) is 32.7 Å². The first-order valence-electron chi connectivity index (χ1n) is 7.34. The van der Waals surface area contributed by atoms with Gasteiger partial charge in [0.15, 0.2) is 11.5 Å². The molecule has 1 N–H and O–H groups in total. The number of amides is 2. The van der Waals surface area contributed by atoms with E-state index in [0.29, 0.717) is 28.9 Å². The second-order valence-electron chi connectivity index (χ2n) is 5.44. The Bertz CT molecular complexity index is 767. The standard InChI is InChI=1S/C17H16Cl2N2O3/c1-21(9-11-2-5-15-16(6-11)24-10-23-15)17(22)20-8-12-3-4-13(18)7-14(12)19/h2-7H,8-10H2,1H3,(H,20,22). The number of benzene rings is 2. The molecule has 0 atom stereocenters. The second kappa shape index (κ2) is 7.20. The first-order valence-corrected chi connectivity index (χ1v) is 8.10. The molecule has 1 heterocycles. The first-order chi connectivity index (χ1) is 11.5. The van der Waals surface area contributed by atoms with Crippen LogP contribution in [0.1, 0.15) is 11.1 Å². The number of carbonyl (C=O) groups excluding carboxylic acids is 1. The van der Waals surface area contributed by atoms with Crippen LogP contribution in [0.2, 0.25) is 10.0 Å². The van der Waals surface area contributed by atoms with E-state index < -0.39 is 0 Å². The largest absolute Gasteiger partial charge is 0.454 e. The van der Waals surface area contributed by atoms with Gasteiger partial charge in [0.2, 0.25) is 6.79 Å². The maximum atomic E-state index is 12.2. The minimum atomic E-state index is -0.196. The number of hydrogen-bond acceptors (Lipinski definition) is 3. The number of fused-ring (bicyclic) bond motifs is 1. The van der Waals surface area contributed by atoms with Crippen molar-refractivity contribution in [1.29, 1.82) is 0 Å². The summed E-state index contributed by atoms with van der Waals surface area (Å²) >= 11 is 12.0. The molecule has 0 saturated carbocycles. The predicted molar refractivity (Wildman–Crippen MR) is 92.7 cm³/mol. The number of rotatable bonds is 4. The number of nitrogens with one attached hydrogen (secondary N) is 1. The number of carbonyl (C=O) groups is 1. The van der Waals surface area contributed by atoms with E-state index in [9.17, 15) is 4.79 Å². The summed E-state index contributed by atoms with van der Waals surface area (Å²) in [5.41, 5.74) is 1.77. The molecule has 24 heavy (non-hydrogen) atoms. The van der Waals surface area contributed by atoms with Gasteiger partial charge < -0.3 is 19.7 Å². The molecule has 0 bridgehead atoms. The Morgan fingerprint density at radius 1 is 1.17 bits per heavy atom. The van der Waals surface area contributed by atoms with Crippen molar-refractivity contribution in [3.05, 3.63) is 57.6 Å². The molecular formula is C17H16Cl2N2O3. The van der Waals surface area contributed by atoms with Crippen LogP contribution in [0.4, 0.5) is 4.79 Å². The van der Waals surface area contributed by atoms with E-state index in [2.05, 4.69) is 5.32 Å². The van der Waals surface area contributed by atoms with E-state index in [1.165, 1.54) is 0 Å². The Hall–Kier alpha value is -2.11. The molecule has 0 radical (unpaired) electrons. The van der Waals surface area contributed by atoms with Gasteiger partial charge in [-0.3, -0.25) is 0 Å². The van der Waals surface area contributed by atoms with Crippen LogP contribution >= 0.6 is 23.2 Å². The van der Waals surface area contributed by atoms with Crippen molar-refractivity contribution in [2.45, 2.75) is 13.1 Å². The molecule has 0 aliphatic carbocycles. The van der Waals surface area contributed by atoms with E-state index in [1.54, 1.807) is 30.1 Å². The van der Waals surface area contributed by atoms with Crippen molar-refractivity contribution in [2.75, 3.05) is 13.8 Å². The van der Waals surface area contributed by atoms with Crippen LogP contribution in [-0.4, -0.2) is 24.8 Å². The van der Waals surface area contributed by atoms with Crippen LogP contribution in [-0.2, 0) is 13.1 Å². The number of ether oxygens (including phenoxy) is 2. The van der Waals surface area contributed by atoms with Gasteiger partial charge in [0.25, 0.3) is 0 Å². The molecular weight excluding hydrogens is 351 g/mol. The third kappa shape index (κ3) is 3.86. The lowest BCUT2D eigenvalue weighted by atomic mass is 10.2. The topological polar surface area (TPSA) is 50.8 Å². The minimum absolute atomic E-state index is 0.196. The Balaban J connectivity index is 1.56. The fourth-order valence-corrected chi connectivity index (χ4v) is 2.83. The summed E-state index contributed by atoms with van der Waals surface area (Å²) in [4.78, 5) is 13.8. The zero-order chi connectivity index (χ0) is 17.1. The van der Waals surface area contributed by atoms with Gasteiger partial charge in [0, 0.05) is 30.2 Å². The smallest absolute Gasteiger partial charge is 0.317 e. The maximum absolute atomic E-state index is 12.2. The van der Waals surface area contributed by atoms with Gasteiger partial charge in [-0.15, -0.1) is 0 Å². The number of halogens is 2.